The number of hydrogen-bond donors (Lipinski definition) is 1. The van der Waals surface area contributed by atoms with Crippen molar-refractivity contribution >= 4 is 11.9 Å². The number of tetrazole rings is 1. The normalized spacial score (nSPS) is 11.9. The Morgan fingerprint density at radius 2 is 1.92 bits per heavy atom. The Balaban J connectivity index is 1.81. The van der Waals surface area contributed by atoms with Crippen LogP contribution in [0.4, 0.5) is 0 Å². The van der Waals surface area contributed by atoms with Crippen LogP contribution in [0.3, 0.4) is 0 Å². The Morgan fingerprint density at radius 3 is 2.56 bits per heavy atom. The smallest absolute Gasteiger partial charge is 0.373 e. The summed E-state index contributed by atoms with van der Waals surface area (Å²) in [6.07, 6.45) is 0. The number of rotatable bonds is 5. The van der Waals surface area contributed by atoms with Gasteiger partial charge in [-0.25, -0.2) is 4.79 Å². The fraction of sp³-hybridized carbons (Fsp3) is 0.188. The van der Waals surface area contributed by atoms with Crippen molar-refractivity contribution in [2.24, 2.45) is 5.73 Å². The summed E-state index contributed by atoms with van der Waals surface area (Å²) in [5.41, 5.74) is 6.31. The van der Waals surface area contributed by atoms with Crippen molar-refractivity contribution in [1.29, 1.82) is 0 Å². The summed E-state index contributed by atoms with van der Waals surface area (Å²) >= 11 is 0. The van der Waals surface area contributed by atoms with Crippen molar-refractivity contribution in [1.82, 2.24) is 20.2 Å². The molecule has 0 aliphatic rings. The zero-order valence-corrected chi connectivity index (χ0v) is 13.5. The number of carbonyl (C=O) groups is 2. The van der Waals surface area contributed by atoms with Gasteiger partial charge in [0, 0.05) is 11.1 Å². The van der Waals surface area contributed by atoms with E-state index < -0.39 is 11.9 Å². The van der Waals surface area contributed by atoms with Crippen molar-refractivity contribution in [2.45, 2.75) is 13.0 Å². The largest absolute Gasteiger partial charge is 0.463 e. The number of esters is 1. The fourth-order valence-corrected chi connectivity index (χ4v) is 2.19. The first-order chi connectivity index (χ1) is 12.0. The van der Waals surface area contributed by atoms with E-state index in [1.165, 1.54) is 18.0 Å². The number of aromatic nitrogens is 4. The van der Waals surface area contributed by atoms with Crippen LogP contribution < -0.4 is 5.73 Å². The van der Waals surface area contributed by atoms with E-state index in [0.29, 0.717) is 22.7 Å². The van der Waals surface area contributed by atoms with E-state index >= 15 is 0 Å². The molecule has 3 rings (SSSR count). The van der Waals surface area contributed by atoms with E-state index in [4.69, 9.17) is 10.2 Å². The molecule has 3 aromatic rings. The SMILES string of the molecule is COC(=O)c1ccc(C(C)n2nnc(-c3ccc(C(N)=O)cc3)n2)o1. The highest BCUT2D eigenvalue weighted by atomic mass is 16.5. The second-order valence-electron chi connectivity index (χ2n) is 5.24. The van der Waals surface area contributed by atoms with Crippen LogP contribution in [-0.2, 0) is 4.74 Å². The molecule has 0 fully saturated rings. The van der Waals surface area contributed by atoms with E-state index in [9.17, 15) is 9.59 Å². The maximum atomic E-state index is 11.5. The molecule has 2 N–H and O–H groups in total. The average Bonchev–Trinajstić information content (AvgIpc) is 3.30. The minimum absolute atomic E-state index is 0.103. The third-order valence-corrected chi connectivity index (χ3v) is 3.63. The number of ether oxygens (including phenoxy) is 1. The van der Waals surface area contributed by atoms with Crippen LogP contribution in [0.15, 0.2) is 40.8 Å². The van der Waals surface area contributed by atoms with Gasteiger partial charge in [0.1, 0.15) is 11.8 Å². The lowest BCUT2D eigenvalue weighted by atomic mass is 10.1. The van der Waals surface area contributed by atoms with E-state index in [0.717, 1.165) is 0 Å². The second kappa shape index (κ2) is 6.56. The molecule has 2 aromatic heterocycles. The van der Waals surface area contributed by atoms with E-state index in [2.05, 4.69) is 20.1 Å². The van der Waals surface area contributed by atoms with Crippen molar-refractivity contribution in [3.63, 3.8) is 0 Å². The van der Waals surface area contributed by atoms with Crippen LogP contribution in [-0.4, -0.2) is 39.2 Å². The number of primary amides is 1. The standard InChI is InChI=1S/C16H15N5O4/c1-9(12-7-8-13(25-12)16(23)24-2)21-19-15(18-20-21)11-5-3-10(4-6-11)14(17)22/h3-9H,1-2H3,(H2,17,22). The first-order valence-electron chi connectivity index (χ1n) is 7.37. The summed E-state index contributed by atoms with van der Waals surface area (Å²) in [5, 5.41) is 12.3. The van der Waals surface area contributed by atoms with Gasteiger partial charge in [0.15, 0.2) is 0 Å². The Bertz CT molecular complexity index is 913. The molecule has 0 aliphatic carbocycles. The van der Waals surface area contributed by atoms with Crippen LogP contribution in [0.5, 0.6) is 0 Å². The first-order valence-corrected chi connectivity index (χ1v) is 7.37. The number of amides is 1. The predicted molar refractivity (Wildman–Crippen MR) is 85.6 cm³/mol. The van der Waals surface area contributed by atoms with Gasteiger partial charge >= 0.3 is 5.97 Å². The maximum absolute atomic E-state index is 11.5. The molecule has 2 heterocycles. The molecule has 0 bridgehead atoms. The second-order valence-corrected chi connectivity index (χ2v) is 5.24. The fourth-order valence-electron chi connectivity index (χ4n) is 2.19. The number of methoxy groups -OCH3 is 1. The molecule has 0 radical (unpaired) electrons. The minimum Gasteiger partial charge on any atom is -0.463 e. The summed E-state index contributed by atoms with van der Waals surface area (Å²) in [7, 11) is 1.28. The first kappa shape index (κ1) is 16.4. The Kier molecular flexibility index (Phi) is 4.29. The minimum atomic E-state index is -0.555. The van der Waals surface area contributed by atoms with Crippen LogP contribution in [0.2, 0.25) is 0 Å². The van der Waals surface area contributed by atoms with Crippen LogP contribution in [0.1, 0.15) is 39.6 Å². The lowest BCUT2D eigenvalue weighted by Crippen LogP contribution is -2.10. The van der Waals surface area contributed by atoms with Crippen LogP contribution in [0, 0.1) is 0 Å². The lowest BCUT2D eigenvalue weighted by molar-refractivity contribution is 0.0561. The van der Waals surface area contributed by atoms with E-state index in [1.54, 1.807) is 30.3 Å². The lowest BCUT2D eigenvalue weighted by Gasteiger charge is -2.05. The molecule has 1 amide bonds. The molecule has 0 saturated heterocycles. The molecule has 9 heteroatoms. The topological polar surface area (TPSA) is 126 Å². The highest BCUT2D eigenvalue weighted by Crippen LogP contribution is 2.21. The Labute approximate surface area is 142 Å². The molecule has 0 aliphatic heterocycles. The van der Waals surface area contributed by atoms with Crippen molar-refractivity contribution in [3.8, 4) is 11.4 Å². The van der Waals surface area contributed by atoms with E-state index in [-0.39, 0.29) is 11.8 Å². The highest BCUT2D eigenvalue weighted by molar-refractivity contribution is 5.93. The van der Waals surface area contributed by atoms with Crippen molar-refractivity contribution < 1.29 is 18.7 Å². The molecular formula is C16H15N5O4. The number of carbonyl (C=O) groups excluding carboxylic acids is 2. The quantitative estimate of drug-likeness (QED) is 0.695. The van der Waals surface area contributed by atoms with Crippen molar-refractivity contribution in [2.75, 3.05) is 7.11 Å². The summed E-state index contributed by atoms with van der Waals surface area (Å²) in [6.45, 7) is 1.81. The number of furan rings is 1. The van der Waals surface area contributed by atoms with Gasteiger partial charge in [-0.1, -0.05) is 12.1 Å². The molecule has 128 valence electrons. The molecule has 1 unspecified atom stereocenters. The summed E-state index contributed by atoms with van der Waals surface area (Å²) in [6, 6.07) is 9.38. The molecule has 1 aromatic carbocycles. The number of hydrogen-bond acceptors (Lipinski definition) is 7. The molecule has 9 nitrogen and oxygen atoms in total. The Hall–Kier alpha value is -3.49. The third kappa shape index (κ3) is 3.25. The van der Waals surface area contributed by atoms with Gasteiger partial charge in [-0.15, -0.1) is 10.2 Å². The van der Waals surface area contributed by atoms with Gasteiger partial charge in [0.25, 0.3) is 0 Å². The van der Waals surface area contributed by atoms with Gasteiger partial charge in [-0.2, -0.15) is 4.80 Å². The number of benzene rings is 1. The zero-order chi connectivity index (χ0) is 18.0. The maximum Gasteiger partial charge on any atom is 0.373 e. The molecule has 0 spiro atoms. The highest BCUT2D eigenvalue weighted by Gasteiger charge is 2.19. The summed E-state index contributed by atoms with van der Waals surface area (Å²) in [5.74, 6) is -0.0704. The summed E-state index contributed by atoms with van der Waals surface area (Å²) in [4.78, 5) is 23.9. The average molecular weight is 341 g/mol. The molecular weight excluding hydrogens is 326 g/mol. The molecule has 0 saturated carbocycles. The van der Waals surface area contributed by atoms with Gasteiger partial charge in [0.05, 0.1) is 7.11 Å². The van der Waals surface area contributed by atoms with Crippen LogP contribution in [0.25, 0.3) is 11.4 Å². The van der Waals surface area contributed by atoms with Gasteiger partial charge < -0.3 is 14.9 Å². The monoisotopic (exact) mass is 341 g/mol. The molecule has 25 heavy (non-hydrogen) atoms. The third-order valence-electron chi connectivity index (χ3n) is 3.63. The predicted octanol–water partition coefficient (Wildman–Crippen LogP) is 1.43. The number of nitrogens with zero attached hydrogens (tertiary/aromatic N) is 4. The van der Waals surface area contributed by atoms with Gasteiger partial charge in [-0.05, 0) is 36.4 Å². The van der Waals surface area contributed by atoms with Crippen molar-refractivity contribution in [3.05, 3.63) is 53.5 Å². The van der Waals surface area contributed by atoms with Crippen LogP contribution >= 0.6 is 0 Å². The summed E-state index contributed by atoms with van der Waals surface area (Å²) < 4.78 is 10.1. The Morgan fingerprint density at radius 1 is 1.20 bits per heavy atom. The molecule has 1 atom stereocenters. The van der Waals surface area contributed by atoms with E-state index in [1.807, 2.05) is 6.92 Å². The zero-order valence-electron chi connectivity index (χ0n) is 13.5. The number of nitrogens with two attached hydrogens (primary N) is 1. The van der Waals surface area contributed by atoms with Gasteiger partial charge in [0.2, 0.25) is 17.5 Å². The van der Waals surface area contributed by atoms with Gasteiger partial charge in [-0.3, -0.25) is 4.79 Å².